The van der Waals surface area contributed by atoms with Crippen LogP contribution in [0.25, 0.3) is 11.3 Å². The number of primary amides is 1. The first-order valence-electron chi connectivity index (χ1n) is 10.5. The summed E-state index contributed by atoms with van der Waals surface area (Å²) < 4.78 is 15.4. The highest BCUT2D eigenvalue weighted by Gasteiger charge is 2.31. The molecule has 164 valence electrons. The largest absolute Gasteiger partial charge is 0.365 e. The third kappa shape index (κ3) is 4.30. The van der Waals surface area contributed by atoms with Crippen molar-refractivity contribution in [3.63, 3.8) is 0 Å². The van der Waals surface area contributed by atoms with Gasteiger partial charge in [-0.25, -0.2) is 4.39 Å². The number of likely N-dealkylation sites (tertiary alicyclic amines) is 1. The standard InChI is InChI=1S/C22H26FN5O3/c1-14(29)26-7-5-15(6-8-26)11-19(30)27-9-10-28-18(13-27)20(22(24)31)21(25-28)16-3-2-4-17(23)12-16/h2-4,12,15H,5-11,13H2,1H3,(H2,24,31). The zero-order chi connectivity index (χ0) is 22.1. The topological polar surface area (TPSA) is 102 Å². The highest BCUT2D eigenvalue weighted by atomic mass is 19.1. The minimum atomic E-state index is -0.647. The van der Waals surface area contributed by atoms with Crippen LogP contribution in [0.1, 0.15) is 42.2 Å². The molecule has 8 nitrogen and oxygen atoms in total. The molecule has 2 aromatic rings. The number of fused-ring (bicyclic) bond motifs is 1. The molecule has 0 atom stereocenters. The van der Waals surface area contributed by atoms with Gasteiger partial charge in [0.05, 0.1) is 24.3 Å². The summed E-state index contributed by atoms with van der Waals surface area (Å²) in [7, 11) is 0. The van der Waals surface area contributed by atoms with Crippen molar-refractivity contribution in [2.75, 3.05) is 19.6 Å². The van der Waals surface area contributed by atoms with Crippen LogP contribution in [-0.2, 0) is 22.7 Å². The zero-order valence-electron chi connectivity index (χ0n) is 17.5. The number of carbonyl (C=O) groups excluding carboxylic acids is 3. The summed E-state index contributed by atoms with van der Waals surface area (Å²) in [6.07, 6.45) is 2.04. The average Bonchev–Trinajstić information content (AvgIpc) is 3.13. The maximum atomic E-state index is 13.7. The molecule has 4 rings (SSSR count). The predicted octanol–water partition coefficient (Wildman–Crippen LogP) is 1.78. The number of piperidine rings is 1. The quantitative estimate of drug-likeness (QED) is 0.804. The summed E-state index contributed by atoms with van der Waals surface area (Å²) in [4.78, 5) is 40.2. The van der Waals surface area contributed by atoms with Gasteiger partial charge in [0.2, 0.25) is 11.8 Å². The molecule has 1 aromatic carbocycles. The van der Waals surface area contributed by atoms with E-state index in [1.165, 1.54) is 12.1 Å². The molecule has 31 heavy (non-hydrogen) atoms. The van der Waals surface area contributed by atoms with Crippen molar-refractivity contribution in [2.45, 2.75) is 39.3 Å². The van der Waals surface area contributed by atoms with Crippen LogP contribution in [0.4, 0.5) is 4.39 Å². The fourth-order valence-corrected chi connectivity index (χ4v) is 4.46. The van der Waals surface area contributed by atoms with Crippen LogP contribution in [0, 0.1) is 11.7 Å². The average molecular weight is 427 g/mol. The maximum Gasteiger partial charge on any atom is 0.252 e. The summed E-state index contributed by atoms with van der Waals surface area (Å²) >= 11 is 0. The van der Waals surface area contributed by atoms with Crippen molar-refractivity contribution in [2.24, 2.45) is 11.7 Å². The molecule has 0 spiro atoms. The van der Waals surface area contributed by atoms with Crippen LogP contribution in [0.3, 0.4) is 0 Å². The molecule has 0 aliphatic carbocycles. The van der Waals surface area contributed by atoms with Gasteiger partial charge in [-0.15, -0.1) is 0 Å². The number of aromatic nitrogens is 2. The first-order chi connectivity index (χ1) is 14.8. The zero-order valence-corrected chi connectivity index (χ0v) is 17.5. The molecule has 0 unspecified atom stereocenters. The Bertz CT molecular complexity index is 1030. The van der Waals surface area contributed by atoms with E-state index in [1.807, 2.05) is 4.90 Å². The van der Waals surface area contributed by atoms with Gasteiger partial charge in [-0.05, 0) is 30.9 Å². The smallest absolute Gasteiger partial charge is 0.252 e. The number of amides is 3. The molecule has 0 radical (unpaired) electrons. The maximum absolute atomic E-state index is 13.7. The Morgan fingerprint density at radius 2 is 1.87 bits per heavy atom. The lowest BCUT2D eigenvalue weighted by Gasteiger charge is -2.33. The van der Waals surface area contributed by atoms with Crippen molar-refractivity contribution in [1.82, 2.24) is 19.6 Å². The van der Waals surface area contributed by atoms with Gasteiger partial charge >= 0.3 is 0 Å². The van der Waals surface area contributed by atoms with Crippen molar-refractivity contribution in [3.8, 4) is 11.3 Å². The van der Waals surface area contributed by atoms with Gasteiger partial charge in [-0.2, -0.15) is 5.10 Å². The first kappa shape index (κ1) is 21.0. The molecule has 1 aromatic heterocycles. The van der Waals surface area contributed by atoms with E-state index in [0.29, 0.717) is 49.6 Å². The molecule has 2 aliphatic heterocycles. The molecule has 9 heteroatoms. The summed E-state index contributed by atoms with van der Waals surface area (Å²) in [6, 6.07) is 5.88. The van der Waals surface area contributed by atoms with Crippen molar-refractivity contribution in [1.29, 1.82) is 0 Å². The fourth-order valence-electron chi connectivity index (χ4n) is 4.46. The van der Waals surface area contributed by atoms with E-state index in [2.05, 4.69) is 5.10 Å². The Morgan fingerprint density at radius 3 is 2.52 bits per heavy atom. The van der Waals surface area contributed by atoms with Crippen molar-refractivity contribution >= 4 is 17.7 Å². The summed E-state index contributed by atoms with van der Waals surface area (Å²) in [5, 5.41) is 4.49. The molecule has 0 saturated carbocycles. The van der Waals surface area contributed by atoms with Crippen molar-refractivity contribution < 1.29 is 18.8 Å². The lowest BCUT2D eigenvalue weighted by Crippen LogP contribution is -2.42. The third-order valence-electron chi connectivity index (χ3n) is 6.20. The van der Waals surface area contributed by atoms with E-state index in [-0.39, 0.29) is 29.8 Å². The molecule has 2 N–H and O–H groups in total. The van der Waals surface area contributed by atoms with Crippen LogP contribution in [0.5, 0.6) is 0 Å². The van der Waals surface area contributed by atoms with E-state index in [9.17, 15) is 18.8 Å². The molecule has 1 fully saturated rings. The Labute approximate surface area is 179 Å². The second-order valence-corrected chi connectivity index (χ2v) is 8.24. The lowest BCUT2D eigenvalue weighted by molar-refractivity contribution is -0.134. The number of hydrogen-bond acceptors (Lipinski definition) is 4. The van der Waals surface area contributed by atoms with Gasteiger partial charge in [0, 0.05) is 38.5 Å². The number of rotatable bonds is 4. The minimum absolute atomic E-state index is 0.0245. The Morgan fingerprint density at radius 1 is 1.13 bits per heavy atom. The van der Waals surface area contributed by atoms with Crippen LogP contribution in [0.15, 0.2) is 24.3 Å². The van der Waals surface area contributed by atoms with Crippen LogP contribution < -0.4 is 5.73 Å². The van der Waals surface area contributed by atoms with E-state index >= 15 is 0 Å². The second kappa shape index (κ2) is 8.49. The first-order valence-corrected chi connectivity index (χ1v) is 10.5. The Balaban J connectivity index is 1.50. The number of benzene rings is 1. The number of nitrogens with zero attached hydrogens (tertiary/aromatic N) is 4. The Hall–Kier alpha value is -3.23. The monoisotopic (exact) mass is 427 g/mol. The molecule has 1 saturated heterocycles. The van der Waals surface area contributed by atoms with Crippen LogP contribution in [-0.4, -0.2) is 56.9 Å². The van der Waals surface area contributed by atoms with E-state index in [4.69, 9.17) is 5.73 Å². The second-order valence-electron chi connectivity index (χ2n) is 8.24. The lowest BCUT2D eigenvalue weighted by atomic mass is 9.92. The van der Waals surface area contributed by atoms with E-state index in [0.717, 1.165) is 12.8 Å². The normalized spacial score (nSPS) is 16.8. The summed E-state index contributed by atoms with van der Waals surface area (Å²) in [5.74, 6) is -0.732. The van der Waals surface area contributed by atoms with Crippen molar-refractivity contribution in [3.05, 3.63) is 41.3 Å². The highest BCUT2D eigenvalue weighted by Crippen LogP contribution is 2.29. The minimum Gasteiger partial charge on any atom is -0.365 e. The fraction of sp³-hybridized carbons (Fsp3) is 0.455. The number of carbonyl (C=O) groups is 3. The van der Waals surface area contributed by atoms with Gasteiger partial charge < -0.3 is 15.5 Å². The van der Waals surface area contributed by atoms with Gasteiger partial charge in [-0.1, -0.05) is 12.1 Å². The predicted molar refractivity (Wildman–Crippen MR) is 111 cm³/mol. The molecular formula is C22H26FN5O3. The molecule has 3 amide bonds. The summed E-state index contributed by atoms with van der Waals surface area (Å²) in [5.41, 5.74) is 7.28. The SMILES string of the molecule is CC(=O)N1CCC(CC(=O)N2CCn3nc(-c4cccc(F)c4)c(C(N)=O)c3C2)CC1. The number of nitrogens with two attached hydrogens (primary N) is 1. The van der Waals surface area contributed by atoms with Gasteiger partial charge in [-0.3, -0.25) is 19.1 Å². The van der Waals surface area contributed by atoms with E-state index in [1.54, 1.807) is 28.6 Å². The third-order valence-corrected chi connectivity index (χ3v) is 6.20. The molecular weight excluding hydrogens is 401 g/mol. The van der Waals surface area contributed by atoms with Crippen LogP contribution in [0.2, 0.25) is 0 Å². The van der Waals surface area contributed by atoms with Gasteiger partial charge in [0.1, 0.15) is 11.5 Å². The highest BCUT2D eigenvalue weighted by molar-refractivity contribution is 6.00. The van der Waals surface area contributed by atoms with E-state index < -0.39 is 11.7 Å². The molecule has 3 heterocycles. The summed E-state index contributed by atoms with van der Waals surface area (Å²) in [6.45, 7) is 4.11. The van der Waals surface area contributed by atoms with Gasteiger partial charge in [0.15, 0.2) is 0 Å². The molecule has 2 aliphatic rings. The number of hydrogen-bond donors (Lipinski definition) is 1. The van der Waals surface area contributed by atoms with Gasteiger partial charge in [0.25, 0.3) is 5.91 Å². The van der Waals surface area contributed by atoms with Crippen LogP contribution >= 0.6 is 0 Å². The number of halogens is 1. The molecule has 0 bridgehead atoms. The Kier molecular flexibility index (Phi) is 5.75.